The molecular weight excluding hydrogens is 936 g/mol. The quantitative estimate of drug-likeness (QED) is 0.0457. The van der Waals surface area contributed by atoms with Crippen molar-refractivity contribution in [3.8, 4) is 0 Å². The van der Waals surface area contributed by atoms with E-state index in [1.165, 1.54) is 24.5 Å². The highest BCUT2D eigenvalue weighted by Crippen LogP contribution is 2.34. The molecule has 336 valence electrons. The fourth-order valence-corrected chi connectivity index (χ4v) is 10.4. The van der Waals surface area contributed by atoms with Crippen LogP contribution in [0.1, 0.15) is 0 Å². The molecule has 0 nitrogen and oxygen atoms in total. The van der Waals surface area contributed by atoms with Gasteiger partial charge in [-0.15, -0.1) is 16.4 Å². The summed E-state index contributed by atoms with van der Waals surface area (Å²) >= 11 is 1.80. The van der Waals surface area contributed by atoms with Crippen molar-refractivity contribution in [1.29, 1.82) is 0 Å². The third-order valence-electron chi connectivity index (χ3n) is 10.3. The summed E-state index contributed by atoms with van der Waals surface area (Å²) < 4.78 is 220. The molecule has 0 bridgehead atoms. The SMILES string of the molecule is Fc1c(F)c(F)c([B-](c2ccccc2)(c2c(F)c(F)c(F)c(F)c2F)c2c(F)c(F)c(F)c(F)c2F)c(F)c1F.c1ccc(Sc2ccc([S+](c3ccccc3)c3ccccc3)cc2)cc1. The monoisotopic (exact) mass is 960 g/mol. The molecule has 0 aliphatic carbocycles. The van der Waals surface area contributed by atoms with Crippen LogP contribution in [-0.4, -0.2) is 6.15 Å². The normalized spacial score (nSPS) is 11.5. The van der Waals surface area contributed by atoms with E-state index in [2.05, 4.69) is 115 Å². The summed E-state index contributed by atoms with van der Waals surface area (Å²) in [6.45, 7) is 0. The van der Waals surface area contributed by atoms with Crippen LogP contribution in [0.15, 0.2) is 170 Å². The van der Waals surface area contributed by atoms with Gasteiger partial charge in [0.05, 0.1) is 10.9 Å². The summed E-state index contributed by atoms with van der Waals surface area (Å²) in [7, 11) is -0.0786. The number of halogens is 15. The van der Waals surface area contributed by atoms with Crippen molar-refractivity contribution >= 4 is 50.7 Å². The topological polar surface area (TPSA) is 0 Å². The van der Waals surface area contributed by atoms with Crippen LogP contribution in [0.2, 0.25) is 0 Å². The second kappa shape index (κ2) is 19.5. The fourth-order valence-electron chi connectivity index (χ4n) is 7.47. The van der Waals surface area contributed by atoms with E-state index in [0.717, 1.165) is 18.2 Å². The third-order valence-corrected chi connectivity index (χ3v) is 13.6. The number of hydrogen-bond donors (Lipinski definition) is 0. The van der Waals surface area contributed by atoms with E-state index < -0.39 is 115 Å². The molecule has 0 amide bonds. The minimum absolute atomic E-state index is 0.0786. The molecule has 0 atom stereocenters. The maximum absolute atomic E-state index is 15.3. The van der Waals surface area contributed by atoms with E-state index >= 15 is 26.3 Å². The zero-order valence-corrected chi connectivity index (χ0v) is 34.6. The van der Waals surface area contributed by atoms with Crippen LogP contribution >= 0.6 is 11.8 Å². The fraction of sp³-hybridized carbons (Fsp3) is 0. The van der Waals surface area contributed by atoms with E-state index in [9.17, 15) is 39.5 Å². The molecule has 66 heavy (non-hydrogen) atoms. The van der Waals surface area contributed by atoms with Crippen LogP contribution in [-0.2, 0) is 10.9 Å². The Bertz CT molecular complexity index is 2760. The summed E-state index contributed by atoms with van der Waals surface area (Å²) in [5, 5.41) is 0. The Morgan fingerprint density at radius 2 is 0.500 bits per heavy atom. The van der Waals surface area contributed by atoms with E-state index in [0.29, 0.717) is 12.1 Å². The lowest BCUT2D eigenvalue weighted by Gasteiger charge is -2.44. The van der Waals surface area contributed by atoms with Crippen molar-refractivity contribution in [2.24, 2.45) is 0 Å². The molecule has 18 heteroatoms. The zero-order chi connectivity index (χ0) is 47.6. The van der Waals surface area contributed by atoms with Gasteiger partial charge in [-0.1, -0.05) is 96.7 Å². The number of benzene rings is 8. The average molecular weight is 961 g/mol. The summed E-state index contributed by atoms with van der Waals surface area (Å²) in [5.41, 5.74) is -9.41. The third kappa shape index (κ3) is 8.43. The molecule has 0 aliphatic rings. The largest absolute Gasteiger partial charge is 0.207 e. The first-order valence-electron chi connectivity index (χ1n) is 19.0. The van der Waals surface area contributed by atoms with Crippen LogP contribution < -0.4 is 21.9 Å². The number of hydrogen-bond acceptors (Lipinski definition) is 1. The molecule has 0 unspecified atom stereocenters. The molecular formula is C48H24BF15S2. The maximum Gasteiger partial charge on any atom is 0.200 e. The Morgan fingerprint density at radius 1 is 0.258 bits per heavy atom. The lowest BCUT2D eigenvalue weighted by Crippen LogP contribution is -2.79. The zero-order valence-electron chi connectivity index (χ0n) is 32.9. The minimum Gasteiger partial charge on any atom is -0.207 e. The highest BCUT2D eigenvalue weighted by atomic mass is 32.2. The Balaban J connectivity index is 0.000000214. The first kappa shape index (κ1) is 47.4. The lowest BCUT2D eigenvalue weighted by molar-refractivity contribution is 0.380. The summed E-state index contributed by atoms with van der Waals surface area (Å²) in [4.78, 5) is 6.58. The molecule has 0 N–H and O–H groups in total. The molecule has 0 saturated carbocycles. The predicted octanol–water partition coefficient (Wildman–Crippen LogP) is 12.1. The second-order valence-electron chi connectivity index (χ2n) is 14.0. The van der Waals surface area contributed by atoms with Crippen molar-refractivity contribution in [2.75, 3.05) is 0 Å². The van der Waals surface area contributed by atoms with Crippen LogP contribution in [0.5, 0.6) is 0 Å². The van der Waals surface area contributed by atoms with Crippen molar-refractivity contribution in [3.63, 3.8) is 0 Å². The standard InChI is InChI=1S/C24H5BF15.C24H19S2/c26-10-7(11(27)17(33)22(38)16(10)32)25(6-4-2-1-3-5-6,8-12(28)18(34)23(39)19(35)13(8)29)9-14(30)20(36)24(40)21(37)15(9)31;1-4-10-20(11-5-1)25-21-16-18-24(19-17-21)26(22-12-6-2-7-13-22)23-14-8-3-9-15-23/h1-5H;1-19H/q-1;+1. The van der Waals surface area contributed by atoms with Gasteiger partial charge in [0.15, 0.2) is 67.0 Å². The highest BCUT2D eigenvalue weighted by Gasteiger charge is 2.49. The Morgan fingerprint density at radius 3 is 0.818 bits per heavy atom. The average Bonchev–Trinajstić information content (AvgIpc) is 3.34. The van der Waals surface area contributed by atoms with E-state index in [1.807, 2.05) is 0 Å². The van der Waals surface area contributed by atoms with Gasteiger partial charge in [0, 0.05) is 9.79 Å². The molecule has 0 saturated heterocycles. The van der Waals surface area contributed by atoms with Gasteiger partial charge >= 0.3 is 0 Å². The summed E-state index contributed by atoms with van der Waals surface area (Å²) in [6, 6.07) is 44.3. The van der Waals surface area contributed by atoms with Gasteiger partial charge in [0.1, 0.15) is 41.0 Å². The Kier molecular flexibility index (Phi) is 14.0. The van der Waals surface area contributed by atoms with E-state index in [1.54, 1.807) is 11.8 Å². The van der Waals surface area contributed by atoms with E-state index in [4.69, 9.17) is 0 Å². The molecule has 8 aromatic carbocycles. The van der Waals surface area contributed by atoms with Crippen molar-refractivity contribution in [3.05, 3.63) is 233 Å². The van der Waals surface area contributed by atoms with Crippen molar-refractivity contribution in [1.82, 2.24) is 0 Å². The Hall–Kier alpha value is -6.53. The lowest BCUT2D eigenvalue weighted by atomic mass is 9.12. The Labute approximate surface area is 372 Å². The first-order valence-corrected chi connectivity index (χ1v) is 21.0. The van der Waals surface area contributed by atoms with Gasteiger partial charge in [-0.2, -0.15) is 5.46 Å². The van der Waals surface area contributed by atoms with Gasteiger partial charge < -0.3 is 0 Å². The highest BCUT2D eigenvalue weighted by molar-refractivity contribution is 7.99. The minimum atomic E-state index is -5.72. The molecule has 0 aromatic heterocycles. The van der Waals surface area contributed by atoms with Crippen LogP contribution in [0.25, 0.3) is 0 Å². The van der Waals surface area contributed by atoms with Crippen LogP contribution in [0, 0.1) is 87.3 Å². The molecule has 0 spiro atoms. The first-order chi connectivity index (χ1) is 31.5. The van der Waals surface area contributed by atoms with Crippen molar-refractivity contribution in [2.45, 2.75) is 24.5 Å². The van der Waals surface area contributed by atoms with Gasteiger partial charge in [-0.25, -0.2) is 65.9 Å². The molecule has 0 heterocycles. The molecule has 0 aliphatic heterocycles. The van der Waals surface area contributed by atoms with Gasteiger partial charge in [0.2, 0.25) is 0 Å². The second-order valence-corrected chi connectivity index (χ2v) is 17.2. The summed E-state index contributed by atoms with van der Waals surface area (Å²) in [6.07, 6.45) is -5.72. The van der Waals surface area contributed by atoms with Crippen LogP contribution in [0.4, 0.5) is 65.9 Å². The maximum atomic E-state index is 15.3. The molecule has 8 aromatic rings. The van der Waals surface area contributed by atoms with Gasteiger partial charge in [-0.05, 0) is 60.7 Å². The predicted molar refractivity (Wildman–Crippen MR) is 221 cm³/mol. The van der Waals surface area contributed by atoms with E-state index in [-0.39, 0.29) is 10.9 Å². The van der Waals surface area contributed by atoms with Crippen LogP contribution in [0.3, 0.4) is 0 Å². The van der Waals surface area contributed by atoms with Gasteiger partial charge in [-0.3, -0.25) is 0 Å². The number of rotatable bonds is 9. The smallest absolute Gasteiger partial charge is 0.200 e. The van der Waals surface area contributed by atoms with Crippen molar-refractivity contribution < 1.29 is 65.9 Å². The van der Waals surface area contributed by atoms with Gasteiger partial charge in [0.25, 0.3) is 0 Å². The molecule has 0 fully saturated rings. The molecule has 8 rings (SSSR count). The molecule has 0 radical (unpaired) electrons. The summed E-state index contributed by atoms with van der Waals surface area (Å²) in [5.74, 6) is -45.5.